The van der Waals surface area contributed by atoms with Crippen LogP contribution in [0, 0.1) is 0 Å². The van der Waals surface area contributed by atoms with Crippen LogP contribution in [0.2, 0.25) is 0 Å². The number of carbonyl (C=O) groups excluding carboxylic acids is 1. The SMILES string of the molecule is C=CCNC(=O)C(=C)C.CC. The van der Waals surface area contributed by atoms with Crippen molar-refractivity contribution in [3.8, 4) is 0 Å². The van der Waals surface area contributed by atoms with Crippen LogP contribution in [-0.4, -0.2) is 12.5 Å². The van der Waals surface area contributed by atoms with Crippen molar-refractivity contribution < 1.29 is 4.79 Å². The van der Waals surface area contributed by atoms with Crippen molar-refractivity contribution >= 4 is 5.91 Å². The summed E-state index contributed by atoms with van der Waals surface area (Å²) in [4.78, 5) is 10.6. The zero-order chi connectivity index (χ0) is 9.28. The first-order valence-corrected chi connectivity index (χ1v) is 3.73. The lowest BCUT2D eigenvalue weighted by Gasteiger charge is -1.97. The number of hydrogen-bond donors (Lipinski definition) is 1. The Bertz CT molecular complexity index is 138. The van der Waals surface area contributed by atoms with Crippen LogP contribution in [0.15, 0.2) is 24.8 Å². The standard InChI is InChI=1S/C7H11NO.C2H6/c1-4-5-8-7(9)6(2)3;1-2/h4H,1-2,5H2,3H3,(H,8,9);1-2H3. The lowest BCUT2D eigenvalue weighted by molar-refractivity contribution is -0.117. The third kappa shape index (κ3) is 8.95. The fourth-order valence-corrected chi connectivity index (χ4v) is 0.316. The van der Waals surface area contributed by atoms with E-state index in [2.05, 4.69) is 18.5 Å². The zero-order valence-corrected chi connectivity index (χ0v) is 7.61. The van der Waals surface area contributed by atoms with E-state index in [1.165, 1.54) is 0 Å². The maximum Gasteiger partial charge on any atom is 0.246 e. The van der Waals surface area contributed by atoms with Crippen LogP contribution in [0.4, 0.5) is 0 Å². The van der Waals surface area contributed by atoms with Crippen LogP contribution in [0.25, 0.3) is 0 Å². The summed E-state index contributed by atoms with van der Waals surface area (Å²) in [5, 5.41) is 2.58. The minimum Gasteiger partial charge on any atom is -0.349 e. The minimum atomic E-state index is -0.116. The van der Waals surface area contributed by atoms with Gasteiger partial charge in [0.1, 0.15) is 0 Å². The predicted molar refractivity (Wildman–Crippen MR) is 49.4 cm³/mol. The van der Waals surface area contributed by atoms with E-state index in [0.717, 1.165) is 0 Å². The van der Waals surface area contributed by atoms with Crippen molar-refractivity contribution in [3.05, 3.63) is 24.8 Å². The summed E-state index contributed by atoms with van der Waals surface area (Å²) < 4.78 is 0. The van der Waals surface area contributed by atoms with Crippen molar-refractivity contribution in [3.63, 3.8) is 0 Å². The molecule has 0 saturated carbocycles. The molecule has 0 heterocycles. The molecule has 11 heavy (non-hydrogen) atoms. The van der Waals surface area contributed by atoms with Gasteiger partial charge in [0.25, 0.3) is 0 Å². The molecule has 0 aromatic carbocycles. The predicted octanol–water partition coefficient (Wildman–Crippen LogP) is 1.89. The summed E-state index contributed by atoms with van der Waals surface area (Å²) in [6, 6.07) is 0. The van der Waals surface area contributed by atoms with Gasteiger partial charge >= 0.3 is 0 Å². The molecular formula is C9H17NO. The van der Waals surface area contributed by atoms with Gasteiger partial charge in [0, 0.05) is 12.1 Å². The monoisotopic (exact) mass is 155 g/mol. The molecule has 0 atom stereocenters. The average Bonchev–Trinajstić information content (AvgIpc) is 2.03. The van der Waals surface area contributed by atoms with Gasteiger partial charge in [-0.1, -0.05) is 26.5 Å². The van der Waals surface area contributed by atoms with Gasteiger partial charge < -0.3 is 5.32 Å². The topological polar surface area (TPSA) is 29.1 Å². The molecule has 0 saturated heterocycles. The van der Waals surface area contributed by atoms with Gasteiger partial charge in [-0.05, 0) is 6.92 Å². The number of rotatable bonds is 3. The molecule has 2 heteroatoms. The second-order valence-electron chi connectivity index (χ2n) is 1.78. The molecule has 0 aliphatic heterocycles. The molecule has 0 aliphatic carbocycles. The van der Waals surface area contributed by atoms with Crippen LogP contribution in [0.3, 0.4) is 0 Å². The molecule has 0 radical (unpaired) electrons. The minimum absolute atomic E-state index is 0.116. The highest BCUT2D eigenvalue weighted by molar-refractivity contribution is 5.92. The lowest BCUT2D eigenvalue weighted by atomic mass is 10.3. The van der Waals surface area contributed by atoms with Crippen LogP contribution < -0.4 is 5.32 Å². The highest BCUT2D eigenvalue weighted by Crippen LogP contribution is 1.83. The summed E-state index contributed by atoms with van der Waals surface area (Å²) in [6.07, 6.45) is 1.63. The smallest absolute Gasteiger partial charge is 0.246 e. The molecule has 0 unspecified atom stereocenters. The first-order chi connectivity index (χ1) is 5.18. The van der Waals surface area contributed by atoms with E-state index in [1.54, 1.807) is 13.0 Å². The number of carbonyl (C=O) groups is 1. The molecular weight excluding hydrogens is 138 g/mol. The van der Waals surface area contributed by atoms with Crippen molar-refractivity contribution in [1.82, 2.24) is 5.32 Å². The summed E-state index contributed by atoms with van der Waals surface area (Å²) in [5.74, 6) is -0.116. The molecule has 0 fully saturated rings. The first kappa shape index (κ1) is 12.6. The molecule has 0 rings (SSSR count). The van der Waals surface area contributed by atoms with E-state index < -0.39 is 0 Å². The third-order valence-electron chi connectivity index (χ3n) is 0.795. The van der Waals surface area contributed by atoms with Crippen LogP contribution in [0.1, 0.15) is 20.8 Å². The van der Waals surface area contributed by atoms with Crippen LogP contribution in [0.5, 0.6) is 0 Å². The number of amides is 1. The van der Waals surface area contributed by atoms with E-state index in [9.17, 15) is 4.79 Å². The summed E-state index contributed by atoms with van der Waals surface area (Å²) >= 11 is 0. The Morgan fingerprint density at radius 2 is 2.00 bits per heavy atom. The summed E-state index contributed by atoms with van der Waals surface area (Å²) in [7, 11) is 0. The maximum absolute atomic E-state index is 10.6. The van der Waals surface area contributed by atoms with E-state index in [4.69, 9.17) is 0 Å². The fourth-order valence-electron chi connectivity index (χ4n) is 0.316. The molecule has 2 nitrogen and oxygen atoms in total. The zero-order valence-electron chi connectivity index (χ0n) is 7.61. The van der Waals surface area contributed by atoms with Crippen LogP contribution >= 0.6 is 0 Å². The molecule has 0 bridgehead atoms. The molecule has 64 valence electrons. The van der Waals surface area contributed by atoms with Gasteiger partial charge in [-0.3, -0.25) is 4.79 Å². The van der Waals surface area contributed by atoms with Crippen molar-refractivity contribution in [2.45, 2.75) is 20.8 Å². The van der Waals surface area contributed by atoms with Crippen molar-refractivity contribution in [2.24, 2.45) is 0 Å². The Morgan fingerprint density at radius 3 is 2.27 bits per heavy atom. The second-order valence-corrected chi connectivity index (χ2v) is 1.78. The number of nitrogens with one attached hydrogen (secondary N) is 1. The van der Waals surface area contributed by atoms with Gasteiger partial charge in [0.2, 0.25) is 5.91 Å². The van der Waals surface area contributed by atoms with Gasteiger partial charge in [-0.15, -0.1) is 6.58 Å². The molecule has 0 aromatic heterocycles. The third-order valence-corrected chi connectivity index (χ3v) is 0.795. The highest BCUT2D eigenvalue weighted by atomic mass is 16.1. The number of hydrogen-bond acceptors (Lipinski definition) is 1. The normalized spacial score (nSPS) is 7.18. The molecule has 0 aromatic rings. The molecule has 1 amide bonds. The Balaban J connectivity index is 0. The Morgan fingerprint density at radius 1 is 1.55 bits per heavy atom. The summed E-state index contributed by atoms with van der Waals surface area (Å²) in [5.41, 5.74) is 0.525. The van der Waals surface area contributed by atoms with E-state index >= 15 is 0 Å². The Kier molecular flexibility index (Phi) is 10.3. The van der Waals surface area contributed by atoms with Crippen LogP contribution in [-0.2, 0) is 4.79 Å². The van der Waals surface area contributed by atoms with E-state index in [-0.39, 0.29) is 5.91 Å². The first-order valence-electron chi connectivity index (χ1n) is 3.73. The van der Waals surface area contributed by atoms with Crippen molar-refractivity contribution in [2.75, 3.05) is 6.54 Å². The molecule has 0 aliphatic rings. The molecule has 0 spiro atoms. The van der Waals surface area contributed by atoms with Crippen molar-refractivity contribution in [1.29, 1.82) is 0 Å². The van der Waals surface area contributed by atoms with Gasteiger partial charge in [-0.2, -0.15) is 0 Å². The van der Waals surface area contributed by atoms with E-state index in [1.807, 2.05) is 13.8 Å². The Labute approximate surface area is 69.0 Å². The second kappa shape index (κ2) is 8.95. The van der Waals surface area contributed by atoms with Gasteiger partial charge in [0.05, 0.1) is 0 Å². The van der Waals surface area contributed by atoms with Gasteiger partial charge in [-0.25, -0.2) is 0 Å². The summed E-state index contributed by atoms with van der Waals surface area (Å²) in [6.45, 7) is 13.1. The highest BCUT2D eigenvalue weighted by Gasteiger charge is 1.95. The molecule has 1 N–H and O–H groups in total. The van der Waals surface area contributed by atoms with Gasteiger partial charge in [0.15, 0.2) is 0 Å². The quantitative estimate of drug-likeness (QED) is 0.489. The fraction of sp³-hybridized carbons (Fsp3) is 0.444. The Hall–Kier alpha value is -1.05. The maximum atomic E-state index is 10.6. The lowest BCUT2D eigenvalue weighted by Crippen LogP contribution is -2.23. The largest absolute Gasteiger partial charge is 0.349 e. The van der Waals surface area contributed by atoms with E-state index in [0.29, 0.717) is 12.1 Å². The average molecular weight is 155 g/mol.